The first-order chi connectivity index (χ1) is 24.6. The Morgan fingerprint density at radius 1 is 0.608 bits per heavy atom. The second-order valence-electron chi connectivity index (χ2n) is 15.3. The second kappa shape index (κ2) is 14.3. The summed E-state index contributed by atoms with van der Waals surface area (Å²) in [5.41, 5.74) is 14.0. The molecule has 2 heteroatoms. The summed E-state index contributed by atoms with van der Waals surface area (Å²) in [6, 6.07) is 32.7. The van der Waals surface area contributed by atoms with E-state index in [9.17, 15) is 0 Å². The van der Waals surface area contributed by atoms with Crippen molar-refractivity contribution in [2.24, 2.45) is 0 Å². The van der Waals surface area contributed by atoms with Crippen LogP contribution in [0.2, 0.25) is 0 Å². The van der Waals surface area contributed by atoms with Gasteiger partial charge in [-0.15, -0.1) is 0 Å². The summed E-state index contributed by atoms with van der Waals surface area (Å²) in [5, 5.41) is 5.12. The van der Waals surface area contributed by atoms with Crippen molar-refractivity contribution in [2.75, 3.05) is 9.80 Å². The maximum Gasteiger partial charge on any atom is 0.0620 e. The van der Waals surface area contributed by atoms with E-state index in [0.717, 1.165) is 12.8 Å². The number of benzene rings is 5. The molecule has 5 aromatic carbocycles. The predicted octanol–water partition coefficient (Wildman–Crippen LogP) is 14.2. The van der Waals surface area contributed by atoms with E-state index in [4.69, 9.17) is 0 Å². The highest BCUT2D eigenvalue weighted by Crippen LogP contribution is 2.51. The Kier molecular flexibility index (Phi) is 9.62. The first kappa shape index (κ1) is 34.4. The lowest BCUT2D eigenvalue weighted by atomic mass is 9.89. The quantitative estimate of drug-likeness (QED) is 0.120. The molecule has 2 nitrogen and oxygen atoms in total. The van der Waals surface area contributed by atoms with Crippen LogP contribution in [0.5, 0.6) is 0 Å². The van der Waals surface area contributed by atoms with Crippen LogP contribution >= 0.6 is 0 Å². The van der Waals surface area contributed by atoms with E-state index in [1.807, 2.05) is 0 Å². The van der Waals surface area contributed by atoms with Crippen LogP contribution in [0.25, 0.3) is 21.5 Å². The average molecular weight is 669 g/mol. The Balaban J connectivity index is 1.68. The van der Waals surface area contributed by atoms with Gasteiger partial charge in [0.25, 0.3) is 0 Å². The molecule has 0 N–H and O–H groups in total. The predicted molar refractivity (Wildman–Crippen MR) is 223 cm³/mol. The highest BCUT2D eigenvalue weighted by molar-refractivity contribution is 6.22. The molecule has 2 aliphatic carbocycles. The summed E-state index contributed by atoms with van der Waals surface area (Å²) in [4.78, 5) is 5.21. The number of nitrogens with zero attached hydrogens (tertiary/aromatic N) is 2. The second-order valence-corrected chi connectivity index (χ2v) is 15.3. The van der Waals surface area contributed by atoms with E-state index in [1.54, 1.807) is 0 Å². The zero-order valence-corrected chi connectivity index (χ0v) is 31.7. The normalized spacial score (nSPS) is 16.0. The topological polar surface area (TPSA) is 6.48 Å². The molecule has 0 saturated carbocycles. The van der Waals surface area contributed by atoms with Crippen LogP contribution in [0.4, 0.5) is 22.7 Å². The molecule has 0 aliphatic heterocycles. The molecule has 5 aromatic rings. The molecule has 1 atom stereocenters. The highest BCUT2D eigenvalue weighted by Gasteiger charge is 2.29. The van der Waals surface area contributed by atoms with Crippen molar-refractivity contribution in [1.82, 2.24) is 0 Å². The van der Waals surface area contributed by atoms with Gasteiger partial charge in [0.1, 0.15) is 0 Å². The van der Waals surface area contributed by atoms with Crippen LogP contribution in [0.1, 0.15) is 88.5 Å². The highest BCUT2D eigenvalue weighted by atomic mass is 15.2. The van der Waals surface area contributed by atoms with Gasteiger partial charge in [-0.1, -0.05) is 118 Å². The largest absolute Gasteiger partial charge is 0.337 e. The first-order valence-corrected chi connectivity index (χ1v) is 18.7. The summed E-state index contributed by atoms with van der Waals surface area (Å²) in [6.07, 6.45) is 18.1. The number of fused-ring (bicyclic) bond motifs is 2. The Labute approximate surface area is 305 Å². The summed E-state index contributed by atoms with van der Waals surface area (Å²) in [7, 11) is 0. The fraction of sp³-hybridized carbons (Fsp3) is 0.265. The minimum absolute atomic E-state index is 0.190. The third-order valence-corrected chi connectivity index (χ3v) is 10.5. The van der Waals surface area contributed by atoms with Gasteiger partial charge in [-0.3, -0.25) is 0 Å². The lowest BCUT2D eigenvalue weighted by molar-refractivity contribution is 0.740. The molecule has 0 fully saturated rings. The van der Waals surface area contributed by atoms with Crippen LogP contribution in [-0.4, -0.2) is 6.04 Å². The molecule has 0 saturated heterocycles. The van der Waals surface area contributed by atoms with Crippen molar-refractivity contribution < 1.29 is 0 Å². The Hall–Kier alpha value is -5.08. The van der Waals surface area contributed by atoms with Gasteiger partial charge in [-0.25, -0.2) is 0 Å². The maximum absolute atomic E-state index is 2.69. The fourth-order valence-corrected chi connectivity index (χ4v) is 7.85. The van der Waals surface area contributed by atoms with Crippen molar-refractivity contribution in [3.05, 3.63) is 167 Å². The van der Waals surface area contributed by atoms with Gasteiger partial charge >= 0.3 is 0 Å². The third kappa shape index (κ3) is 6.85. The summed E-state index contributed by atoms with van der Waals surface area (Å²) in [5.74, 6) is 0.788. The van der Waals surface area contributed by atoms with Crippen LogP contribution < -0.4 is 9.80 Å². The van der Waals surface area contributed by atoms with Crippen molar-refractivity contribution in [3.63, 3.8) is 0 Å². The zero-order valence-electron chi connectivity index (χ0n) is 31.7. The van der Waals surface area contributed by atoms with Crippen LogP contribution in [0.3, 0.4) is 0 Å². The monoisotopic (exact) mass is 668 g/mol. The van der Waals surface area contributed by atoms with Crippen molar-refractivity contribution in [3.8, 4) is 0 Å². The Morgan fingerprint density at radius 2 is 1.20 bits per heavy atom. The molecule has 51 heavy (non-hydrogen) atoms. The summed E-state index contributed by atoms with van der Waals surface area (Å²) < 4.78 is 0. The van der Waals surface area contributed by atoms with Crippen molar-refractivity contribution >= 4 is 44.3 Å². The van der Waals surface area contributed by atoms with E-state index in [2.05, 4.69) is 193 Å². The maximum atomic E-state index is 2.69. The van der Waals surface area contributed by atoms with E-state index in [1.165, 1.54) is 83.4 Å². The molecule has 0 heterocycles. The zero-order chi connectivity index (χ0) is 35.8. The van der Waals surface area contributed by atoms with Gasteiger partial charge < -0.3 is 9.80 Å². The lowest BCUT2D eigenvalue weighted by Gasteiger charge is -2.38. The molecular formula is C49H52N2. The number of hydrogen-bond acceptors (Lipinski definition) is 2. The average Bonchev–Trinajstić information content (AvgIpc) is 3.32. The van der Waals surface area contributed by atoms with Gasteiger partial charge in [0.05, 0.1) is 17.4 Å². The summed E-state index contributed by atoms with van der Waals surface area (Å²) >= 11 is 0. The van der Waals surface area contributed by atoms with Crippen LogP contribution in [0, 0.1) is 13.8 Å². The van der Waals surface area contributed by atoms with Crippen LogP contribution in [-0.2, 0) is 0 Å². The molecule has 258 valence electrons. The van der Waals surface area contributed by atoms with Gasteiger partial charge in [0.2, 0.25) is 0 Å². The minimum atomic E-state index is 0.190. The van der Waals surface area contributed by atoms with E-state index in [-0.39, 0.29) is 6.04 Å². The van der Waals surface area contributed by atoms with E-state index >= 15 is 0 Å². The van der Waals surface area contributed by atoms with Crippen molar-refractivity contribution in [1.29, 1.82) is 0 Å². The molecule has 0 amide bonds. The number of allylic oxidation sites excluding steroid dienone is 7. The third-order valence-electron chi connectivity index (χ3n) is 10.5. The number of aryl methyl sites for hydroxylation is 2. The molecule has 0 spiro atoms. The van der Waals surface area contributed by atoms with E-state index < -0.39 is 0 Å². The Morgan fingerprint density at radius 3 is 1.76 bits per heavy atom. The molecule has 0 radical (unpaired) electrons. The number of rotatable bonds is 8. The Bertz CT molecular complexity index is 2230. The summed E-state index contributed by atoms with van der Waals surface area (Å²) in [6.45, 7) is 18.1. The molecule has 7 rings (SSSR count). The fourth-order valence-electron chi connectivity index (χ4n) is 7.85. The van der Waals surface area contributed by atoms with Crippen molar-refractivity contribution in [2.45, 2.75) is 86.1 Å². The number of anilines is 4. The van der Waals surface area contributed by atoms with E-state index in [0.29, 0.717) is 11.8 Å². The SMILES string of the molecule is CC1=CC=CCC(N(c2c3ccc(C(C)C)cc3c(N(c3cccc(C)c3)c3cccc(C)c3)c3ccc(C(C)C)cc23)C2C=C(C)C=CC2)=C1. The van der Waals surface area contributed by atoms with Gasteiger partial charge in [0, 0.05) is 45.0 Å². The van der Waals surface area contributed by atoms with Crippen LogP contribution in [0.15, 0.2) is 144 Å². The van der Waals surface area contributed by atoms with Gasteiger partial charge in [0.15, 0.2) is 0 Å². The molecule has 1 unspecified atom stereocenters. The lowest BCUT2D eigenvalue weighted by Crippen LogP contribution is -2.34. The molecule has 0 aromatic heterocycles. The minimum Gasteiger partial charge on any atom is -0.337 e. The van der Waals surface area contributed by atoms with Gasteiger partial charge in [-0.2, -0.15) is 0 Å². The molecule has 0 bridgehead atoms. The number of hydrogen-bond donors (Lipinski definition) is 0. The smallest absolute Gasteiger partial charge is 0.0620 e. The standard InChI is InChI=1S/C49H52N2/c1-32(2)38-23-25-45-46(30-38)48(50(41-19-11-15-35(6)27-41)40-18-10-9-14-34(5)26-40)44-24-22-39(33(3)4)31-47(44)49(45)51(42-20-12-16-36(7)28-42)43-21-13-17-37(8)29-43/h9-17,20-33,41H,18-19H2,1-8H3. The molecular weight excluding hydrogens is 617 g/mol. The molecule has 2 aliphatic rings. The van der Waals surface area contributed by atoms with Gasteiger partial charge in [-0.05, 0) is 116 Å². The first-order valence-electron chi connectivity index (χ1n) is 18.7.